The van der Waals surface area contributed by atoms with Gasteiger partial charge in [0.05, 0.1) is 13.2 Å². The van der Waals surface area contributed by atoms with Crippen LogP contribution in [0.3, 0.4) is 0 Å². The maximum Gasteiger partial charge on any atom is 0.243 e. The van der Waals surface area contributed by atoms with E-state index in [2.05, 4.69) is 10.6 Å². The molecule has 4 nitrogen and oxygen atoms in total. The molecular formula is C15H15ClN2O2. The van der Waals surface area contributed by atoms with Gasteiger partial charge < -0.3 is 15.7 Å². The predicted octanol–water partition coefficient (Wildman–Crippen LogP) is 2.88. The van der Waals surface area contributed by atoms with Gasteiger partial charge in [0.2, 0.25) is 5.91 Å². The van der Waals surface area contributed by atoms with Crippen molar-refractivity contribution in [3.05, 3.63) is 59.1 Å². The number of halogens is 1. The van der Waals surface area contributed by atoms with E-state index in [1.807, 2.05) is 18.2 Å². The molecule has 0 fully saturated rings. The molecule has 104 valence electrons. The quantitative estimate of drug-likeness (QED) is 0.793. The van der Waals surface area contributed by atoms with Crippen molar-refractivity contribution in [3.63, 3.8) is 0 Å². The zero-order valence-corrected chi connectivity index (χ0v) is 11.5. The van der Waals surface area contributed by atoms with Crippen molar-refractivity contribution in [3.8, 4) is 0 Å². The van der Waals surface area contributed by atoms with Crippen LogP contribution in [0.4, 0.5) is 11.4 Å². The van der Waals surface area contributed by atoms with Crippen LogP contribution in [0.5, 0.6) is 0 Å². The third-order valence-corrected chi connectivity index (χ3v) is 2.91. The van der Waals surface area contributed by atoms with Crippen LogP contribution < -0.4 is 10.6 Å². The van der Waals surface area contributed by atoms with Gasteiger partial charge in [0, 0.05) is 16.4 Å². The molecule has 1 amide bonds. The summed E-state index contributed by atoms with van der Waals surface area (Å²) in [6.07, 6.45) is 0. The third kappa shape index (κ3) is 4.26. The Labute approximate surface area is 122 Å². The van der Waals surface area contributed by atoms with Crippen molar-refractivity contribution in [2.24, 2.45) is 0 Å². The monoisotopic (exact) mass is 290 g/mol. The molecule has 0 aliphatic carbocycles. The first-order valence-electron chi connectivity index (χ1n) is 6.16. The minimum Gasteiger partial charge on any atom is -0.392 e. The van der Waals surface area contributed by atoms with E-state index in [1.165, 1.54) is 0 Å². The van der Waals surface area contributed by atoms with Crippen molar-refractivity contribution in [1.82, 2.24) is 0 Å². The molecule has 0 saturated heterocycles. The molecule has 0 heterocycles. The second kappa shape index (κ2) is 6.93. The van der Waals surface area contributed by atoms with Gasteiger partial charge in [-0.05, 0) is 35.9 Å². The molecule has 0 bridgehead atoms. The Morgan fingerprint density at radius 3 is 2.60 bits per heavy atom. The van der Waals surface area contributed by atoms with Crippen molar-refractivity contribution < 1.29 is 9.90 Å². The number of anilines is 2. The number of hydrogen-bond acceptors (Lipinski definition) is 3. The van der Waals surface area contributed by atoms with Gasteiger partial charge in [-0.3, -0.25) is 4.79 Å². The maximum absolute atomic E-state index is 11.8. The fourth-order valence-electron chi connectivity index (χ4n) is 1.73. The highest BCUT2D eigenvalue weighted by Gasteiger charge is 2.03. The number of benzene rings is 2. The highest BCUT2D eigenvalue weighted by atomic mass is 35.5. The molecule has 5 heteroatoms. The molecule has 0 saturated carbocycles. The number of amides is 1. The molecule has 20 heavy (non-hydrogen) atoms. The van der Waals surface area contributed by atoms with Crippen LogP contribution in [0.25, 0.3) is 0 Å². The summed E-state index contributed by atoms with van der Waals surface area (Å²) >= 11 is 5.84. The third-order valence-electron chi connectivity index (χ3n) is 2.67. The Hall–Kier alpha value is -2.04. The van der Waals surface area contributed by atoms with Gasteiger partial charge in [0.25, 0.3) is 0 Å². The minimum atomic E-state index is -0.165. The average Bonchev–Trinajstić information content (AvgIpc) is 2.45. The first kappa shape index (κ1) is 14.4. The Kier molecular flexibility index (Phi) is 4.98. The summed E-state index contributed by atoms with van der Waals surface area (Å²) in [6, 6.07) is 14.3. The fraction of sp³-hybridized carbons (Fsp3) is 0.133. The number of rotatable bonds is 5. The van der Waals surface area contributed by atoms with Gasteiger partial charge >= 0.3 is 0 Å². The number of carbonyl (C=O) groups excluding carboxylic acids is 1. The Bertz CT molecular complexity index is 602. The second-order valence-electron chi connectivity index (χ2n) is 4.27. The second-order valence-corrected chi connectivity index (χ2v) is 4.71. The summed E-state index contributed by atoms with van der Waals surface area (Å²) in [5, 5.41) is 15.4. The zero-order valence-electron chi connectivity index (χ0n) is 10.8. The molecule has 0 radical (unpaired) electrons. The molecule has 2 aromatic rings. The van der Waals surface area contributed by atoms with Gasteiger partial charge in [0.1, 0.15) is 0 Å². The van der Waals surface area contributed by atoms with E-state index < -0.39 is 0 Å². The highest BCUT2D eigenvalue weighted by molar-refractivity contribution is 6.30. The Morgan fingerprint density at radius 2 is 1.85 bits per heavy atom. The van der Waals surface area contributed by atoms with E-state index in [4.69, 9.17) is 16.7 Å². The smallest absolute Gasteiger partial charge is 0.243 e. The number of aliphatic hydroxyl groups is 1. The Morgan fingerprint density at radius 1 is 1.10 bits per heavy atom. The van der Waals surface area contributed by atoms with Crippen molar-refractivity contribution >= 4 is 28.9 Å². The lowest BCUT2D eigenvalue weighted by atomic mass is 10.2. The highest BCUT2D eigenvalue weighted by Crippen LogP contribution is 2.15. The zero-order chi connectivity index (χ0) is 14.4. The molecule has 0 aliphatic rings. The lowest BCUT2D eigenvalue weighted by Crippen LogP contribution is -2.21. The number of hydrogen-bond donors (Lipinski definition) is 3. The molecule has 0 aliphatic heterocycles. The Balaban J connectivity index is 1.88. The summed E-state index contributed by atoms with van der Waals surface area (Å²) in [4.78, 5) is 11.8. The van der Waals surface area contributed by atoms with E-state index in [-0.39, 0.29) is 19.1 Å². The van der Waals surface area contributed by atoms with Crippen LogP contribution in [-0.2, 0) is 11.4 Å². The first-order chi connectivity index (χ1) is 9.67. The minimum absolute atomic E-state index is 0.0236. The lowest BCUT2D eigenvalue weighted by molar-refractivity contribution is -0.114. The number of carbonyl (C=O) groups is 1. The summed E-state index contributed by atoms with van der Waals surface area (Å²) < 4.78 is 0. The molecule has 3 N–H and O–H groups in total. The SMILES string of the molecule is O=C(CNc1cccc(CO)c1)Nc1cccc(Cl)c1. The number of nitrogens with one attached hydrogen (secondary N) is 2. The standard InChI is InChI=1S/C15H15ClN2O2/c16-12-4-2-6-14(8-12)18-15(20)9-17-13-5-1-3-11(7-13)10-19/h1-8,17,19H,9-10H2,(H,18,20). The van der Waals surface area contributed by atoms with E-state index in [9.17, 15) is 4.79 Å². The van der Waals surface area contributed by atoms with Gasteiger partial charge in [-0.1, -0.05) is 29.8 Å². The van der Waals surface area contributed by atoms with E-state index in [1.54, 1.807) is 30.3 Å². The van der Waals surface area contributed by atoms with E-state index in [0.717, 1.165) is 11.3 Å². The molecule has 0 spiro atoms. The molecule has 0 aromatic heterocycles. The topological polar surface area (TPSA) is 61.4 Å². The van der Waals surface area contributed by atoms with Gasteiger partial charge in [-0.25, -0.2) is 0 Å². The van der Waals surface area contributed by atoms with Crippen molar-refractivity contribution in [2.45, 2.75) is 6.61 Å². The lowest BCUT2D eigenvalue weighted by Gasteiger charge is -2.09. The van der Waals surface area contributed by atoms with Crippen LogP contribution in [0.15, 0.2) is 48.5 Å². The molecular weight excluding hydrogens is 276 g/mol. The van der Waals surface area contributed by atoms with Crippen LogP contribution in [-0.4, -0.2) is 17.6 Å². The fourth-order valence-corrected chi connectivity index (χ4v) is 1.92. The first-order valence-corrected chi connectivity index (χ1v) is 6.54. The molecule has 0 unspecified atom stereocenters. The van der Waals surface area contributed by atoms with Crippen LogP contribution in [0.2, 0.25) is 5.02 Å². The average molecular weight is 291 g/mol. The van der Waals surface area contributed by atoms with Gasteiger partial charge in [0.15, 0.2) is 0 Å². The summed E-state index contributed by atoms with van der Waals surface area (Å²) in [7, 11) is 0. The van der Waals surface area contributed by atoms with E-state index >= 15 is 0 Å². The van der Waals surface area contributed by atoms with Crippen LogP contribution in [0, 0.1) is 0 Å². The maximum atomic E-state index is 11.8. The summed E-state index contributed by atoms with van der Waals surface area (Å²) in [5.41, 5.74) is 2.25. The van der Waals surface area contributed by atoms with Crippen molar-refractivity contribution in [1.29, 1.82) is 0 Å². The molecule has 2 rings (SSSR count). The summed E-state index contributed by atoms with van der Waals surface area (Å²) in [6.45, 7) is 0.117. The largest absolute Gasteiger partial charge is 0.392 e. The normalized spacial score (nSPS) is 10.1. The predicted molar refractivity (Wildman–Crippen MR) is 80.9 cm³/mol. The van der Waals surface area contributed by atoms with E-state index in [0.29, 0.717) is 10.7 Å². The van der Waals surface area contributed by atoms with Crippen LogP contribution in [0.1, 0.15) is 5.56 Å². The van der Waals surface area contributed by atoms with Crippen LogP contribution >= 0.6 is 11.6 Å². The van der Waals surface area contributed by atoms with Gasteiger partial charge in [-0.2, -0.15) is 0 Å². The number of aliphatic hydroxyl groups excluding tert-OH is 1. The summed E-state index contributed by atoms with van der Waals surface area (Å²) in [5.74, 6) is -0.165. The molecule has 2 aromatic carbocycles. The van der Waals surface area contributed by atoms with Gasteiger partial charge in [-0.15, -0.1) is 0 Å². The molecule has 0 atom stereocenters. The van der Waals surface area contributed by atoms with Crippen molar-refractivity contribution in [2.75, 3.05) is 17.2 Å².